The molecule has 3 nitrogen and oxygen atoms in total. The second-order valence-electron chi connectivity index (χ2n) is 11.8. The first-order valence-corrected chi connectivity index (χ1v) is 10.8. The van der Waals surface area contributed by atoms with Crippen LogP contribution in [-0.2, 0) is 0 Å². The first-order chi connectivity index (χ1) is 11.6. The number of likely N-dealkylation sites (tertiary alicyclic amines) is 3. The van der Waals surface area contributed by atoms with Crippen LogP contribution in [0, 0.1) is 16.7 Å². The van der Waals surface area contributed by atoms with Crippen LogP contribution < -0.4 is 0 Å². The summed E-state index contributed by atoms with van der Waals surface area (Å²) in [6.45, 7) is 22.3. The molecule has 0 aromatic heterocycles. The molecule has 3 heteroatoms. The van der Waals surface area contributed by atoms with Gasteiger partial charge in [0.2, 0.25) is 0 Å². The maximum Gasteiger partial charge on any atom is 0.0352 e. The first-order valence-electron chi connectivity index (χ1n) is 10.8. The molecule has 25 heavy (non-hydrogen) atoms. The molecule has 0 N–H and O–H groups in total. The van der Waals surface area contributed by atoms with Crippen molar-refractivity contribution in [1.82, 2.24) is 14.7 Å². The van der Waals surface area contributed by atoms with E-state index in [0.29, 0.717) is 11.0 Å². The lowest BCUT2D eigenvalue weighted by Crippen LogP contribution is -2.72. The summed E-state index contributed by atoms with van der Waals surface area (Å²) in [5.74, 6) is 0.975. The fourth-order valence-corrected chi connectivity index (χ4v) is 5.62. The monoisotopic (exact) mass is 347 g/mol. The van der Waals surface area contributed by atoms with Crippen molar-refractivity contribution in [3.05, 3.63) is 0 Å². The Labute approximate surface area is 156 Å². The van der Waals surface area contributed by atoms with Crippen LogP contribution in [0.25, 0.3) is 0 Å². The number of hydrogen-bond donors (Lipinski definition) is 0. The minimum Gasteiger partial charge on any atom is -0.298 e. The summed E-state index contributed by atoms with van der Waals surface area (Å²) in [6, 6.07) is 1.70. The second-order valence-corrected chi connectivity index (χ2v) is 11.8. The van der Waals surface area contributed by atoms with Crippen molar-refractivity contribution in [2.24, 2.45) is 16.7 Å². The Bertz CT molecular complexity index is 472. The van der Waals surface area contributed by atoms with Crippen molar-refractivity contribution in [2.75, 3.05) is 39.3 Å². The van der Waals surface area contributed by atoms with E-state index in [2.05, 4.69) is 56.2 Å². The molecular formula is C22H41N3. The van der Waals surface area contributed by atoms with E-state index in [1.165, 1.54) is 65.0 Å². The third kappa shape index (κ3) is 3.41. The lowest BCUT2D eigenvalue weighted by Gasteiger charge is -2.60. The maximum atomic E-state index is 2.83. The quantitative estimate of drug-likeness (QED) is 0.754. The van der Waals surface area contributed by atoms with Gasteiger partial charge < -0.3 is 0 Å². The minimum atomic E-state index is 0.357. The van der Waals surface area contributed by atoms with E-state index < -0.39 is 0 Å². The van der Waals surface area contributed by atoms with Gasteiger partial charge in [0.05, 0.1) is 0 Å². The molecule has 0 bridgehead atoms. The fourth-order valence-electron chi connectivity index (χ4n) is 5.62. The van der Waals surface area contributed by atoms with Gasteiger partial charge in [0.1, 0.15) is 0 Å². The third-order valence-corrected chi connectivity index (χ3v) is 8.18. The van der Waals surface area contributed by atoms with E-state index in [-0.39, 0.29) is 0 Å². The Hall–Kier alpha value is -0.120. The maximum absolute atomic E-state index is 2.83. The highest BCUT2D eigenvalue weighted by Crippen LogP contribution is 2.58. The number of piperidine rings is 1. The fraction of sp³-hybridized carbons (Fsp3) is 1.00. The average molecular weight is 348 g/mol. The van der Waals surface area contributed by atoms with Gasteiger partial charge in [-0.05, 0) is 76.3 Å². The van der Waals surface area contributed by atoms with Crippen molar-refractivity contribution in [2.45, 2.75) is 84.8 Å². The van der Waals surface area contributed by atoms with Crippen molar-refractivity contribution < 1.29 is 0 Å². The minimum absolute atomic E-state index is 0.357. The van der Waals surface area contributed by atoms with Crippen LogP contribution in [0.1, 0.15) is 67.2 Å². The number of hydrogen-bond acceptors (Lipinski definition) is 3. The van der Waals surface area contributed by atoms with Crippen LogP contribution in [-0.4, -0.2) is 71.6 Å². The summed E-state index contributed by atoms with van der Waals surface area (Å²) >= 11 is 0. The van der Waals surface area contributed by atoms with Crippen molar-refractivity contribution in [3.63, 3.8) is 0 Å². The summed E-state index contributed by atoms with van der Waals surface area (Å²) < 4.78 is 0. The van der Waals surface area contributed by atoms with E-state index in [1.54, 1.807) is 0 Å². The molecule has 3 heterocycles. The predicted octanol–water partition coefficient (Wildman–Crippen LogP) is 3.69. The van der Waals surface area contributed by atoms with Crippen molar-refractivity contribution in [3.8, 4) is 0 Å². The van der Waals surface area contributed by atoms with Crippen molar-refractivity contribution in [1.29, 1.82) is 0 Å². The largest absolute Gasteiger partial charge is 0.298 e. The Morgan fingerprint density at radius 2 is 1.24 bits per heavy atom. The van der Waals surface area contributed by atoms with Crippen LogP contribution in [0.2, 0.25) is 0 Å². The van der Waals surface area contributed by atoms with Gasteiger partial charge in [0, 0.05) is 43.8 Å². The molecule has 0 atom stereocenters. The Morgan fingerprint density at radius 1 is 0.720 bits per heavy atom. The van der Waals surface area contributed by atoms with Crippen LogP contribution in [0.3, 0.4) is 0 Å². The van der Waals surface area contributed by atoms with Gasteiger partial charge in [-0.2, -0.15) is 0 Å². The highest BCUT2D eigenvalue weighted by atomic mass is 15.4. The molecule has 0 aromatic carbocycles. The molecule has 1 aliphatic carbocycles. The normalized spacial score (nSPS) is 31.0. The van der Waals surface area contributed by atoms with Gasteiger partial charge in [0.15, 0.2) is 0 Å². The topological polar surface area (TPSA) is 9.72 Å². The van der Waals surface area contributed by atoms with Gasteiger partial charge in [0.25, 0.3) is 0 Å². The summed E-state index contributed by atoms with van der Waals surface area (Å²) in [5, 5.41) is 0. The molecule has 4 fully saturated rings. The first kappa shape index (κ1) is 18.3. The molecule has 1 spiro atoms. The molecule has 144 valence electrons. The SMILES string of the molecule is CC(C)(C)C1CC2(CCN(C3CN(C4CN(C(C)(C)C)C4)C3)CC2)C1. The molecular weight excluding hydrogens is 306 g/mol. The number of rotatable bonds is 2. The van der Waals surface area contributed by atoms with Gasteiger partial charge in [-0.15, -0.1) is 0 Å². The Balaban J connectivity index is 1.17. The van der Waals surface area contributed by atoms with Crippen LogP contribution in [0.4, 0.5) is 0 Å². The van der Waals surface area contributed by atoms with Crippen LogP contribution in [0.5, 0.6) is 0 Å². The highest BCUT2D eigenvalue weighted by molar-refractivity contribution is 5.04. The molecule has 1 saturated carbocycles. The lowest BCUT2D eigenvalue weighted by atomic mass is 9.51. The molecule has 3 saturated heterocycles. The van der Waals surface area contributed by atoms with Crippen LogP contribution >= 0.6 is 0 Å². The predicted molar refractivity (Wildman–Crippen MR) is 106 cm³/mol. The lowest BCUT2D eigenvalue weighted by molar-refractivity contribution is -0.103. The summed E-state index contributed by atoms with van der Waals surface area (Å²) in [7, 11) is 0. The zero-order chi connectivity index (χ0) is 18.0. The molecule has 0 aromatic rings. The van der Waals surface area contributed by atoms with Crippen molar-refractivity contribution >= 4 is 0 Å². The van der Waals surface area contributed by atoms with Gasteiger partial charge in [-0.3, -0.25) is 14.7 Å². The molecule has 4 rings (SSSR count). The standard InChI is InChI=1S/C22H41N3/c1-20(2,3)17-11-22(12-17)7-9-23(10-8-22)18-13-24(14-18)19-15-25(16-19)21(4,5)6/h17-19H,7-16H2,1-6H3. The third-order valence-electron chi connectivity index (χ3n) is 8.18. The van der Waals surface area contributed by atoms with E-state index in [9.17, 15) is 0 Å². The Morgan fingerprint density at radius 3 is 1.72 bits per heavy atom. The highest BCUT2D eigenvalue weighted by Gasteiger charge is 2.51. The number of nitrogens with zero attached hydrogens (tertiary/aromatic N) is 3. The van der Waals surface area contributed by atoms with E-state index in [0.717, 1.165) is 23.4 Å². The van der Waals surface area contributed by atoms with E-state index in [1.807, 2.05) is 0 Å². The average Bonchev–Trinajstić information content (AvgIpc) is 2.34. The summed E-state index contributed by atoms with van der Waals surface area (Å²) in [5.41, 5.74) is 1.62. The molecule has 0 amide bonds. The zero-order valence-corrected chi connectivity index (χ0v) is 17.6. The van der Waals surface area contributed by atoms with Gasteiger partial charge in [-0.25, -0.2) is 0 Å². The van der Waals surface area contributed by atoms with Crippen LogP contribution in [0.15, 0.2) is 0 Å². The zero-order valence-electron chi connectivity index (χ0n) is 17.6. The van der Waals surface area contributed by atoms with E-state index >= 15 is 0 Å². The molecule has 3 aliphatic heterocycles. The Kier molecular flexibility index (Phi) is 4.34. The molecule has 0 radical (unpaired) electrons. The summed E-state index contributed by atoms with van der Waals surface area (Å²) in [4.78, 5) is 8.19. The second kappa shape index (κ2) is 5.94. The van der Waals surface area contributed by atoms with Gasteiger partial charge in [-0.1, -0.05) is 20.8 Å². The molecule has 4 aliphatic rings. The summed E-state index contributed by atoms with van der Waals surface area (Å²) in [6.07, 6.45) is 5.95. The smallest absolute Gasteiger partial charge is 0.0352 e. The molecule has 0 unspecified atom stereocenters. The van der Waals surface area contributed by atoms with Gasteiger partial charge >= 0.3 is 0 Å². The van der Waals surface area contributed by atoms with E-state index in [4.69, 9.17) is 0 Å².